The fraction of sp³-hybridized carbons (Fsp3) is 0.238. The van der Waals surface area contributed by atoms with Gasteiger partial charge in [-0.05, 0) is 42.7 Å². The van der Waals surface area contributed by atoms with E-state index in [-0.39, 0.29) is 6.03 Å². The van der Waals surface area contributed by atoms with Gasteiger partial charge in [0.2, 0.25) is 0 Å². The molecular formula is C21H23N7O2S. The van der Waals surface area contributed by atoms with Crippen LogP contribution < -0.4 is 21.3 Å². The van der Waals surface area contributed by atoms with Crippen LogP contribution >= 0.6 is 11.8 Å². The van der Waals surface area contributed by atoms with Crippen LogP contribution in [0.25, 0.3) is 11.4 Å². The number of nitrogens with zero attached hydrogens (tertiary/aromatic N) is 4. The topological polar surface area (TPSA) is 118 Å². The summed E-state index contributed by atoms with van der Waals surface area (Å²) in [5.41, 5.74) is 8.01. The van der Waals surface area contributed by atoms with Crippen molar-refractivity contribution in [2.75, 3.05) is 53.8 Å². The fourth-order valence-corrected chi connectivity index (χ4v) is 3.53. The van der Waals surface area contributed by atoms with Gasteiger partial charge in [-0.3, -0.25) is 0 Å². The minimum absolute atomic E-state index is 0.349. The summed E-state index contributed by atoms with van der Waals surface area (Å²) in [5.74, 6) is 1.86. The van der Waals surface area contributed by atoms with Gasteiger partial charge in [0.05, 0.1) is 30.0 Å². The number of ether oxygens (including phenoxy) is 1. The lowest BCUT2D eigenvalue weighted by Gasteiger charge is -2.27. The molecule has 0 bridgehead atoms. The molecule has 31 heavy (non-hydrogen) atoms. The number of hydrogen-bond acceptors (Lipinski definition) is 8. The Morgan fingerprint density at radius 1 is 1.03 bits per heavy atom. The van der Waals surface area contributed by atoms with Crippen molar-refractivity contribution in [3.8, 4) is 11.4 Å². The van der Waals surface area contributed by atoms with Gasteiger partial charge in [-0.2, -0.15) is 0 Å². The zero-order chi connectivity index (χ0) is 21.6. The second-order valence-corrected chi connectivity index (χ2v) is 7.66. The monoisotopic (exact) mass is 437 g/mol. The minimum Gasteiger partial charge on any atom is -0.383 e. The number of anilines is 4. The first-order chi connectivity index (χ1) is 15.1. The Balaban J connectivity index is 1.35. The van der Waals surface area contributed by atoms with E-state index >= 15 is 0 Å². The van der Waals surface area contributed by atoms with E-state index < -0.39 is 0 Å². The zero-order valence-electron chi connectivity index (χ0n) is 17.0. The summed E-state index contributed by atoms with van der Waals surface area (Å²) in [7, 11) is 0. The molecule has 0 atom stereocenters. The highest BCUT2D eigenvalue weighted by Gasteiger charge is 2.12. The third-order valence-electron chi connectivity index (χ3n) is 4.74. The predicted molar refractivity (Wildman–Crippen MR) is 124 cm³/mol. The Bertz CT molecular complexity index is 1040. The van der Waals surface area contributed by atoms with Gasteiger partial charge in [-0.25, -0.2) is 19.7 Å². The van der Waals surface area contributed by atoms with Crippen molar-refractivity contribution >= 4 is 40.8 Å². The van der Waals surface area contributed by atoms with E-state index in [1.165, 1.54) is 11.8 Å². The van der Waals surface area contributed by atoms with Crippen LogP contribution in [-0.2, 0) is 4.74 Å². The van der Waals surface area contributed by atoms with Gasteiger partial charge in [-0.1, -0.05) is 0 Å². The summed E-state index contributed by atoms with van der Waals surface area (Å²) in [5, 5.41) is 5.59. The fourth-order valence-electron chi connectivity index (χ4n) is 3.12. The summed E-state index contributed by atoms with van der Waals surface area (Å²) in [6, 6.07) is 10.6. The number of pyridine rings is 1. The molecule has 1 aliphatic heterocycles. The Labute approximate surface area is 184 Å². The van der Waals surface area contributed by atoms with E-state index in [1.807, 2.05) is 30.5 Å². The van der Waals surface area contributed by atoms with Gasteiger partial charge in [0, 0.05) is 30.5 Å². The van der Waals surface area contributed by atoms with Gasteiger partial charge in [-0.15, -0.1) is 11.8 Å². The second kappa shape index (κ2) is 9.63. The van der Waals surface area contributed by atoms with Crippen LogP contribution in [0.4, 0.5) is 27.8 Å². The molecular weight excluding hydrogens is 414 g/mol. The largest absolute Gasteiger partial charge is 0.383 e. The maximum absolute atomic E-state index is 12.3. The molecule has 2 amide bonds. The first kappa shape index (κ1) is 20.9. The van der Waals surface area contributed by atoms with Crippen LogP contribution in [0.5, 0.6) is 0 Å². The van der Waals surface area contributed by atoms with E-state index in [0.717, 1.165) is 29.4 Å². The van der Waals surface area contributed by atoms with Gasteiger partial charge in [0.15, 0.2) is 5.82 Å². The number of rotatable bonds is 5. The quantitative estimate of drug-likeness (QED) is 0.520. The van der Waals surface area contributed by atoms with E-state index in [2.05, 4.69) is 30.5 Å². The molecule has 4 N–H and O–H groups in total. The van der Waals surface area contributed by atoms with E-state index in [0.29, 0.717) is 36.2 Å². The smallest absolute Gasteiger partial charge is 0.323 e. The number of morpholine rings is 1. The Hall–Kier alpha value is -3.37. The van der Waals surface area contributed by atoms with Crippen LogP contribution in [-0.4, -0.2) is 53.5 Å². The van der Waals surface area contributed by atoms with Crippen molar-refractivity contribution in [3.05, 3.63) is 48.8 Å². The highest BCUT2D eigenvalue weighted by Crippen LogP contribution is 2.24. The molecule has 0 radical (unpaired) electrons. The van der Waals surface area contributed by atoms with Gasteiger partial charge in [0.1, 0.15) is 11.6 Å². The van der Waals surface area contributed by atoms with Crippen molar-refractivity contribution in [3.63, 3.8) is 0 Å². The van der Waals surface area contributed by atoms with E-state index in [1.54, 1.807) is 24.5 Å². The van der Waals surface area contributed by atoms with Gasteiger partial charge < -0.3 is 26.0 Å². The van der Waals surface area contributed by atoms with Crippen LogP contribution in [0.15, 0.2) is 53.7 Å². The molecule has 0 saturated carbocycles. The van der Waals surface area contributed by atoms with E-state index in [9.17, 15) is 4.79 Å². The lowest BCUT2D eigenvalue weighted by Crippen LogP contribution is -2.36. The maximum atomic E-state index is 12.3. The Morgan fingerprint density at radius 3 is 2.39 bits per heavy atom. The number of nitrogens with one attached hydrogen (secondary N) is 2. The molecule has 0 unspecified atom stereocenters. The van der Waals surface area contributed by atoms with Gasteiger partial charge >= 0.3 is 6.03 Å². The van der Waals surface area contributed by atoms with Crippen molar-refractivity contribution < 1.29 is 9.53 Å². The zero-order valence-corrected chi connectivity index (χ0v) is 17.9. The minimum atomic E-state index is -0.349. The van der Waals surface area contributed by atoms with Crippen LogP contribution in [0.2, 0.25) is 0 Å². The van der Waals surface area contributed by atoms with E-state index in [4.69, 9.17) is 10.5 Å². The highest BCUT2D eigenvalue weighted by molar-refractivity contribution is 7.98. The SMILES string of the molecule is CSc1cnc(-c2ccc(NC(=O)Nc3ccc(N4CCOCC4)nc3)cc2)nc1N. The summed E-state index contributed by atoms with van der Waals surface area (Å²) in [6.07, 6.45) is 5.28. The normalized spacial score (nSPS) is 13.6. The molecule has 10 heteroatoms. The molecule has 0 aliphatic carbocycles. The van der Waals surface area contributed by atoms with Gasteiger partial charge in [0.25, 0.3) is 0 Å². The number of aromatic nitrogens is 3. The van der Waals surface area contributed by atoms with Crippen molar-refractivity contribution in [2.24, 2.45) is 0 Å². The van der Waals surface area contributed by atoms with Crippen LogP contribution in [0.3, 0.4) is 0 Å². The molecule has 1 aliphatic rings. The molecule has 1 aromatic carbocycles. The molecule has 9 nitrogen and oxygen atoms in total. The number of carbonyl (C=O) groups excluding carboxylic acids is 1. The first-order valence-corrected chi connectivity index (χ1v) is 11.0. The lowest BCUT2D eigenvalue weighted by molar-refractivity contribution is 0.122. The van der Waals surface area contributed by atoms with Crippen molar-refractivity contribution in [1.82, 2.24) is 15.0 Å². The molecule has 2 aromatic heterocycles. The number of carbonyl (C=O) groups is 1. The highest BCUT2D eigenvalue weighted by atomic mass is 32.2. The van der Waals surface area contributed by atoms with Crippen LogP contribution in [0.1, 0.15) is 0 Å². The molecule has 3 heterocycles. The summed E-state index contributed by atoms with van der Waals surface area (Å²) in [4.78, 5) is 28.4. The van der Waals surface area contributed by atoms with Crippen molar-refractivity contribution in [2.45, 2.75) is 4.90 Å². The standard InChI is InChI=1S/C21H23N7O2S/c1-31-17-13-24-20(27-19(17)22)14-2-4-15(5-3-14)25-21(29)26-16-6-7-18(23-12-16)28-8-10-30-11-9-28/h2-7,12-13H,8-11H2,1H3,(H2,22,24,27)(H2,25,26,29). The Morgan fingerprint density at radius 2 is 1.74 bits per heavy atom. The predicted octanol–water partition coefficient (Wildman–Crippen LogP) is 3.32. The number of urea groups is 1. The molecule has 160 valence electrons. The summed E-state index contributed by atoms with van der Waals surface area (Å²) in [6.45, 7) is 3.03. The number of nitrogens with two attached hydrogens (primary N) is 1. The van der Waals surface area contributed by atoms with Crippen molar-refractivity contribution in [1.29, 1.82) is 0 Å². The maximum Gasteiger partial charge on any atom is 0.323 e. The average Bonchev–Trinajstić information content (AvgIpc) is 2.80. The number of amides is 2. The molecule has 1 fully saturated rings. The molecule has 3 aromatic rings. The summed E-state index contributed by atoms with van der Waals surface area (Å²) < 4.78 is 5.35. The number of thioether (sulfide) groups is 1. The third kappa shape index (κ3) is 5.22. The third-order valence-corrected chi connectivity index (χ3v) is 5.50. The Kier molecular flexibility index (Phi) is 6.48. The second-order valence-electron chi connectivity index (χ2n) is 6.81. The lowest BCUT2D eigenvalue weighted by atomic mass is 10.2. The molecule has 0 spiro atoms. The number of hydrogen-bond donors (Lipinski definition) is 3. The molecule has 4 rings (SSSR count). The number of benzene rings is 1. The first-order valence-electron chi connectivity index (χ1n) is 9.76. The molecule has 1 saturated heterocycles. The average molecular weight is 438 g/mol. The van der Waals surface area contributed by atoms with Crippen LogP contribution in [0, 0.1) is 0 Å². The number of nitrogen functional groups attached to an aromatic ring is 1. The summed E-state index contributed by atoms with van der Waals surface area (Å²) >= 11 is 1.50.